The molecule has 7 nitrogen and oxygen atoms in total. The van der Waals surface area contributed by atoms with Gasteiger partial charge < -0.3 is 15.4 Å². The van der Waals surface area contributed by atoms with Crippen LogP contribution in [0.4, 0.5) is 20.3 Å². The SMILES string of the molecule is Cc1nc(Nc2c(F)cccc2F)cc(C(=O)NCCN2CCOCC2)n1. The van der Waals surface area contributed by atoms with Crippen molar-refractivity contribution in [3.63, 3.8) is 0 Å². The van der Waals surface area contributed by atoms with Gasteiger partial charge >= 0.3 is 0 Å². The highest BCUT2D eigenvalue weighted by molar-refractivity contribution is 5.93. The number of amides is 1. The Morgan fingerprint density at radius 3 is 2.63 bits per heavy atom. The van der Waals surface area contributed by atoms with Gasteiger partial charge in [0.1, 0.15) is 34.7 Å². The van der Waals surface area contributed by atoms with E-state index in [1.54, 1.807) is 6.92 Å². The van der Waals surface area contributed by atoms with Gasteiger partial charge in [-0.25, -0.2) is 18.7 Å². The van der Waals surface area contributed by atoms with Crippen molar-refractivity contribution in [1.82, 2.24) is 20.2 Å². The summed E-state index contributed by atoms with van der Waals surface area (Å²) in [6.45, 7) is 5.85. The highest BCUT2D eigenvalue weighted by Gasteiger charge is 2.15. The summed E-state index contributed by atoms with van der Waals surface area (Å²) in [7, 11) is 0. The molecule has 1 amide bonds. The van der Waals surface area contributed by atoms with E-state index in [1.165, 1.54) is 12.1 Å². The number of nitrogens with zero attached hydrogens (tertiary/aromatic N) is 3. The van der Waals surface area contributed by atoms with E-state index >= 15 is 0 Å². The lowest BCUT2D eigenvalue weighted by Crippen LogP contribution is -2.41. The lowest BCUT2D eigenvalue weighted by molar-refractivity contribution is 0.0383. The highest BCUT2D eigenvalue weighted by atomic mass is 19.1. The number of nitrogens with one attached hydrogen (secondary N) is 2. The van der Waals surface area contributed by atoms with Crippen LogP contribution in [0, 0.1) is 18.6 Å². The van der Waals surface area contributed by atoms with Crippen molar-refractivity contribution in [3.05, 3.63) is 47.4 Å². The van der Waals surface area contributed by atoms with Crippen molar-refractivity contribution in [3.8, 4) is 0 Å². The van der Waals surface area contributed by atoms with Gasteiger partial charge in [-0.15, -0.1) is 0 Å². The molecule has 1 aliphatic rings. The fourth-order valence-electron chi connectivity index (χ4n) is 2.74. The Bertz CT molecular complexity index is 792. The molecule has 0 unspecified atom stereocenters. The Labute approximate surface area is 155 Å². The fraction of sp³-hybridized carbons (Fsp3) is 0.389. The first kappa shape index (κ1) is 19.1. The monoisotopic (exact) mass is 377 g/mol. The summed E-state index contributed by atoms with van der Waals surface area (Å²) in [5.41, 5.74) is -0.196. The van der Waals surface area contributed by atoms with Crippen molar-refractivity contribution >= 4 is 17.4 Å². The zero-order valence-corrected chi connectivity index (χ0v) is 15.0. The molecule has 0 saturated carbocycles. The second-order valence-electron chi connectivity index (χ2n) is 6.12. The lowest BCUT2D eigenvalue weighted by Gasteiger charge is -2.26. The molecule has 1 aromatic heterocycles. The number of aromatic nitrogens is 2. The van der Waals surface area contributed by atoms with Gasteiger partial charge in [0.15, 0.2) is 0 Å². The number of carbonyl (C=O) groups excluding carboxylic acids is 1. The predicted octanol–water partition coefficient (Wildman–Crippen LogP) is 1.87. The Morgan fingerprint density at radius 1 is 1.22 bits per heavy atom. The number of carbonyl (C=O) groups is 1. The second-order valence-corrected chi connectivity index (χ2v) is 6.12. The number of morpholine rings is 1. The van der Waals surface area contributed by atoms with Crippen LogP contribution in [0.25, 0.3) is 0 Å². The van der Waals surface area contributed by atoms with E-state index in [0.717, 1.165) is 25.2 Å². The van der Waals surface area contributed by atoms with Crippen molar-refractivity contribution in [2.75, 3.05) is 44.7 Å². The summed E-state index contributed by atoms with van der Waals surface area (Å²) in [6, 6.07) is 4.91. The van der Waals surface area contributed by atoms with E-state index in [-0.39, 0.29) is 23.1 Å². The van der Waals surface area contributed by atoms with Crippen LogP contribution in [0.1, 0.15) is 16.3 Å². The van der Waals surface area contributed by atoms with Crippen molar-refractivity contribution < 1.29 is 18.3 Å². The summed E-state index contributed by atoms with van der Waals surface area (Å²) in [5, 5.41) is 5.38. The molecule has 0 spiro atoms. The van der Waals surface area contributed by atoms with Crippen LogP contribution >= 0.6 is 0 Å². The molecule has 27 heavy (non-hydrogen) atoms. The molecule has 0 bridgehead atoms. The zero-order valence-electron chi connectivity index (χ0n) is 15.0. The van der Waals surface area contributed by atoms with Crippen LogP contribution < -0.4 is 10.6 Å². The number of hydrogen-bond donors (Lipinski definition) is 2. The topological polar surface area (TPSA) is 79.4 Å². The standard InChI is InChI=1S/C18H21F2N5O2/c1-12-22-15(18(26)21-5-6-25-7-9-27-10-8-25)11-16(23-12)24-17-13(19)3-2-4-14(17)20/h2-4,11H,5-10H2,1H3,(H,21,26)(H,22,23,24). The number of anilines is 2. The minimum Gasteiger partial charge on any atom is -0.379 e. The molecule has 2 N–H and O–H groups in total. The molecular formula is C18H21F2N5O2. The predicted molar refractivity (Wildman–Crippen MR) is 96.0 cm³/mol. The van der Waals surface area contributed by atoms with Crippen LogP contribution in [-0.4, -0.2) is 60.2 Å². The van der Waals surface area contributed by atoms with E-state index in [4.69, 9.17) is 4.74 Å². The molecule has 0 aliphatic carbocycles. The van der Waals surface area contributed by atoms with Gasteiger partial charge in [0.2, 0.25) is 0 Å². The minimum absolute atomic E-state index is 0.128. The van der Waals surface area contributed by atoms with E-state index in [1.807, 2.05) is 0 Å². The summed E-state index contributed by atoms with van der Waals surface area (Å²) >= 11 is 0. The molecule has 0 radical (unpaired) electrons. The Morgan fingerprint density at radius 2 is 1.93 bits per heavy atom. The van der Waals surface area contributed by atoms with Crippen LogP contribution in [0.5, 0.6) is 0 Å². The molecule has 2 heterocycles. The highest BCUT2D eigenvalue weighted by Crippen LogP contribution is 2.22. The molecule has 1 aliphatic heterocycles. The maximum absolute atomic E-state index is 13.8. The lowest BCUT2D eigenvalue weighted by atomic mass is 10.2. The number of para-hydroxylation sites is 1. The third kappa shape index (κ3) is 5.18. The second kappa shape index (κ2) is 8.83. The van der Waals surface area contributed by atoms with Gasteiger partial charge in [0.25, 0.3) is 5.91 Å². The quantitative estimate of drug-likeness (QED) is 0.800. The average molecular weight is 377 g/mol. The largest absolute Gasteiger partial charge is 0.379 e. The molecule has 144 valence electrons. The van der Waals surface area contributed by atoms with Gasteiger partial charge in [0.05, 0.1) is 13.2 Å². The van der Waals surface area contributed by atoms with Crippen molar-refractivity contribution in [2.45, 2.75) is 6.92 Å². The Balaban J connectivity index is 1.64. The van der Waals surface area contributed by atoms with Gasteiger partial charge in [-0.3, -0.25) is 9.69 Å². The number of halogens is 2. The number of aryl methyl sites for hydroxylation is 1. The van der Waals surface area contributed by atoms with E-state index in [0.29, 0.717) is 32.1 Å². The van der Waals surface area contributed by atoms with Gasteiger partial charge in [-0.1, -0.05) is 6.07 Å². The summed E-state index contributed by atoms with van der Waals surface area (Å²) < 4.78 is 32.9. The molecule has 1 fully saturated rings. The van der Waals surface area contributed by atoms with Crippen molar-refractivity contribution in [2.24, 2.45) is 0 Å². The number of benzene rings is 1. The summed E-state index contributed by atoms with van der Waals surface area (Å²) in [4.78, 5) is 22.7. The third-order valence-electron chi connectivity index (χ3n) is 4.10. The molecule has 3 rings (SSSR count). The smallest absolute Gasteiger partial charge is 0.270 e. The number of ether oxygens (including phenoxy) is 1. The molecule has 0 atom stereocenters. The van der Waals surface area contributed by atoms with Crippen LogP contribution in [0.3, 0.4) is 0 Å². The normalized spacial score (nSPS) is 14.8. The van der Waals surface area contributed by atoms with E-state index in [9.17, 15) is 13.6 Å². The average Bonchev–Trinajstić information content (AvgIpc) is 2.65. The van der Waals surface area contributed by atoms with Crippen LogP contribution in [0.15, 0.2) is 24.3 Å². The molecule has 1 aromatic carbocycles. The molecular weight excluding hydrogens is 356 g/mol. The zero-order chi connectivity index (χ0) is 19.2. The first-order chi connectivity index (χ1) is 13.0. The number of rotatable bonds is 6. The first-order valence-electron chi connectivity index (χ1n) is 8.68. The number of hydrogen-bond acceptors (Lipinski definition) is 6. The third-order valence-corrected chi connectivity index (χ3v) is 4.10. The van der Waals surface area contributed by atoms with Gasteiger partial charge in [-0.2, -0.15) is 0 Å². The Hall–Kier alpha value is -2.65. The Kier molecular flexibility index (Phi) is 6.25. The van der Waals surface area contributed by atoms with Crippen LogP contribution in [-0.2, 0) is 4.74 Å². The molecule has 2 aromatic rings. The van der Waals surface area contributed by atoms with Gasteiger partial charge in [-0.05, 0) is 19.1 Å². The van der Waals surface area contributed by atoms with E-state index < -0.39 is 11.6 Å². The maximum atomic E-state index is 13.8. The van der Waals surface area contributed by atoms with Gasteiger partial charge in [0, 0.05) is 32.2 Å². The van der Waals surface area contributed by atoms with E-state index in [2.05, 4.69) is 25.5 Å². The van der Waals surface area contributed by atoms with Crippen LogP contribution in [0.2, 0.25) is 0 Å². The summed E-state index contributed by atoms with van der Waals surface area (Å²) in [5.74, 6) is -1.41. The van der Waals surface area contributed by atoms with Crippen molar-refractivity contribution in [1.29, 1.82) is 0 Å². The minimum atomic E-state index is -0.747. The maximum Gasteiger partial charge on any atom is 0.270 e. The molecule has 9 heteroatoms. The fourth-order valence-corrected chi connectivity index (χ4v) is 2.74. The summed E-state index contributed by atoms with van der Waals surface area (Å²) in [6.07, 6.45) is 0. The first-order valence-corrected chi connectivity index (χ1v) is 8.68. The molecule has 1 saturated heterocycles.